The van der Waals surface area contributed by atoms with E-state index in [1.807, 2.05) is 7.11 Å². The summed E-state index contributed by atoms with van der Waals surface area (Å²) in [5.41, 5.74) is 6.36. The monoisotopic (exact) mass is 254 g/mol. The summed E-state index contributed by atoms with van der Waals surface area (Å²) < 4.78 is 5.67. The van der Waals surface area contributed by atoms with Crippen LogP contribution in [0.15, 0.2) is 0 Å². The molecule has 1 saturated heterocycles. The average molecular weight is 254 g/mol. The quantitative estimate of drug-likeness (QED) is 0.839. The third-order valence-electron chi connectivity index (χ3n) is 5.03. The number of methoxy groups -OCH3 is 1. The van der Waals surface area contributed by atoms with E-state index in [0.717, 1.165) is 12.5 Å². The molecule has 4 unspecified atom stereocenters. The van der Waals surface area contributed by atoms with Crippen molar-refractivity contribution in [2.75, 3.05) is 26.7 Å². The molecule has 0 amide bonds. The van der Waals surface area contributed by atoms with Crippen molar-refractivity contribution in [2.24, 2.45) is 17.6 Å². The molecule has 0 bridgehead atoms. The van der Waals surface area contributed by atoms with Gasteiger partial charge >= 0.3 is 0 Å². The van der Waals surface area contributed by atoms with Gasteiger partial charge in [-0.2, -0.15) is 0 Å². The van der Waals surface area contributed by atoms with Crippen LogP contribution in [0.1, 0.15) is 46.0 Å². The second kappa shape index (κ2) is 5.89. The topological polar surface area (TPSA) is 38.5 Å². The maximum Gasteiger partial charge on any atom is 0.0777 e. The standard InChI is InChI=1S/C15H30N2O/c1-12-5-6-14(16)13(9-12)10-17-8-4-7-15(2,11-17)18-3/h12-14H,4-11,16H2,1-3H3. The van der Waals surface area contributed by atoms with Gasteiger partial charge in [0.15, 0.2) is 0 Å². The molecule has 2 aliphatic rings. The van der Waals surface area contributed by atoms with Gasteiger partial charge in [0.25, 0.3) is 0 Å². The lowest BCUT2D eigenvalue weighted by atomic mass is 9.78. The molecule has 2 rings (SSSR count). The Balaban J connectivity index is 1.88. The predicted octanol–water partition coefficient (Wildman–Crippen LogP) is 2.25. The maximum absolute atomic E-state index is 6.30. The second-order valence-electron chi connectivity index (χ2n) is 6.83. The van der Waals surface area contributed by atoms with Gasteiger partial charge in [0.2, 0.25) is 0 Å². The summed E-state index contributed by atoms with van der Waals surface area (Å²) in [6, 6.07) is 0.414. The molecule has 3 heteroatoms. The zero-order valence-electron chi connectivity index (χ0n) is 12.3. The Morgan fingerprint density at radius 3 is 2.89 bits per heavy atom. The van der Waals surface area contributed by atoms with Crippen LogP contribution in [-0.2, 0) is 4.74 Å². The first-order chi connectivity index (χ1) is 8.52. The van der Waals surface area contributed by atoms with Crippen LogP contribution in [0.25, 0.3) is 0 Å². The molecule has 1 aliphatic heterocycles. The van der Waals surface area contributed by atoms with Crippen LogP contribution in [0.2, 0.25) is 0 Å². The van der Waals surface area contributed by atoms with Crippen LogP contribution >= 0.6 is 0 Å². The van der Waals surface area contributed by atoms with Gasteiger partial charge in [-0.25, -0.2) is 0 Å². The van der Waals surface area contributed by atoms with E-state index in [1.165, 1.54) is 45.2 Å². The first-order valence-electron chi connectivity index (χ1n) is 7.55. The Hall–Kier alpha value is -0.120. The van der Waals surface area contributed by atoms with Gasteiger partial charge in [0, 0.05) is 26.2 Å². The van der Waals surface area contributed by atoms with Crippen LogP contribution in [-0.4, -0.2) is 43.3 Å². The zero-order valence-corrected chi connectivity index (χ0v) is 12.3. The minimum absolute atomic E-state index is 0.0582. The number of rotatable bonds is 3. The van der Waals surface area contributed by atoms with Crippen LogP contribution < -0.4 is 5.73 Å². The molecule has 1 aliphatic carbocycles. The van der Waals surface area contributed by atoms with E-state index in [-0.39, 0.29) is 5.60 Å². The highest BCUT2D eigenvalue weighted by atomic mass is 16.5. The first kappa shape index (κ1) is 14.3. The van der Waals surface area contributed by atoms with E-state index in [0.29, 0.717) is 12.0 Å². The van der Waals surface area contributed by atoms with Crippen molar-refractivity contribution < 1.29 is 4.74 Å². The first-order valence-corrected chi connectivity index (χ1v) is 7.55. The number of piperidine rings is 1. The van der Waals surface area contributed by atoms with Crippen LogP contribution in [0, 0.1) is 11.8 Å². The third kappa shape index (κ3) is 3.46. The molecule has 3 nitrogen and oxygen atoms in total. The van der Waals surface area contributed by atoms with E-state index in [2.05, 4.69) is 18.7 Å². The Bertz CT molecular complexity index is 271. The van der Waals surface area contributed by atoms with Gasteiger partial charge in [0.1, 0.15) is 0 Å². The van der Waals surface area contributed by atoms with Gasteiger partial charge in [-0.15, -0.1) is 0 Å². The molecule has 0 radical (unpaired) electrons. The van der Waals surface area contributed by atoms with Gasteiger partial charge in [-0.05, 0) is 57.4 Å². The number of likely N-dealkylation sites (tertiary alicyclic amines) is 1. The Morgan fingerprint density at radius 1 is 1.39 bits per heavy atom. The highest BCUT2D eigenvalue weighted by molar-refractivity contribution is 4.88. The molecule has 0 spiro atoms. The Kier molecular flexibility index (Phi) is 4.68. The fraction of sp³-hybridized carbons (Fsp3) is 1.00. The fourth-order valence-electron chi connectivity index (χ4n) is 3.69. The molecular formula is C15H30N2O. The van der Waals surface area contributed by atoms with Crippen LogP contribution in [0.5, 0.6) is 0 Å². The lowest BCUT2D eigenvalue weighted by Gasteiger charge is -2.43. The van der Waals surface area contributed by atoms with Gasteiger partial charge in [-0.3, -0.25) is 0 Å². The van der Waals surface area contributed by atoms with Gasteiger partial charge in [-0.1, -0.05) is 6.92 Å². The number of nitrogens with two attached hydrogens (primary N) is 1. The molecule has 1 saturated carbocycles. The molecule has 2 N–H and O–H groups in total. The molecule has 106 valence electrons. The smallest absolute Gasteiger partial charge is 0.0777 e. The average Bonchev–Trinajstić information content (AvgIpc) is 2.34. The number of ether oxygens (including phenoxy) is 1. The molecule has 1 heterocycles. The van der Waals surface area contributed by atoms with E-state index < -0.39 is 0 Å². The van der Waals surface area contributed by atoms with Gasteiger partial charge < -0.3 is 15.4 Å². The van der Waals surface area contributed by atoms with Crippen molar-refractivity contribution in [3.63, 3.8) is 0 Å². The Morgan fingerprint density at radius 2 is 2.17 bits per heavy atom. The van der Waals surface area contributed by atoms with Crippen molar-refractivity contribution >= 4 is 0 Å². The lowest BCUT2D eigenvalue weighted by Crippen LogP contribution is -2.51. The summed E-state index contributed by atoms with van der Waals surface area (Å²) in [4.78, 5) is 2.58. The summed E-state index contributed by atoms with van der Waals surface area (Å²) >= 11 is 0. The van der Waals surface area contributed by atoms with Crippen molar-refractivity contribution in [1.82, 2.24) is 4.90 Å². The summed E-state index contributed by atoms with van der Waals surface area (Å²) in [5.74, 6) is 1.54. The highest BCUT2D eigenvalue weighted by Crippen LogP contribution is 2.31. The Labute approximate surface area is 112 Å². The van der Waals surface area contributed by atoms with Crippen molar-refractivity contribution in [2.45, 2.75) is 57.6 Å². The van der Waals surface area contributed by atoms with Crippen LogP contribution in [0.3, 0.4) is 0 Å². The third-order valence-corrected chi connectivity index (χ3v) is 5.03. The molecule has 4 atom stereocenters. The maximum atomic E-state index is 6.30. The van der Waals surface area contributed by atoms with Crippen molar-refractivity contribution in [3.05, 3.63) is 0 Å². The predicted molar refractivity (Wildman–Crippen MR) is 75.6 cm³/mol. The van der Waals surface area contributed by atoms with Crippen LogP contribution in [0.4, 0.5) is 0 Å². The zero-order chi connectivity index (χ0) is 13.2. The number of nitrogens with zero attached hydrogens (tertiary/aromatic N) is 1. The van der Waals surface area contributed by atoms with E-state index >= 15 is 0 Å². The molecule has 18 heavy (non-hydrogen) atoms. The number of hydrogen-bond donors (Lipinski definition) is 1. The normalized spacial score (nSPS) is 43.0. The number of hydrogen-bond acceptors (Lipinski definition) is 3. The summed E-state index contributed by atoms with van der Waals surface area (Å²) in [5, 5.41) is 0. The summed E-state index contributed by atoms with van der Waals surface area (Å²) in [6.07, 6.45) is 6.27. The van der Waals surface area contributed by atoms with E-state index in [1.54, 1.807) is 0 Å². The van der Waals surface area contributed by atoms with E-state index in [4.69, 9.17) is 10.5 Å². The largest absolute Gasteiger partial charge is 0.377 e. The highest BCUT2D eigenvalue weighted by Gasteiger charge is 2.34. The fourth-order valence-corrected chi connectivity index (χ4v) is 3.69. The second-order valence-corrected chi connectivity index (χ2v) is 6.83. The summed E-state index contributed by atoms with van der Waals surface area (Å²) in [6.45, 7) is 8.07. The minimum atomic E-state index is 0.0582. The van der Waals surface area contributed by atoms with Crippen molar-refractivity contribution in [3.8, 4) is 0 Å². The lowest BCUT2D eigenvalue weighted by molar-refractivity contribution is -0.0557. The molecule has 0 aromatic rings. The van der Waals surface area contributed by atoms with E-state index in [9.17, 15) is 0 Å². The van der Waals surface area contributed by atoms with Crippen molar-refractivity contribution in [1.29, 1.82) is 0 Å². The molecular weight excluding hydrogens is 224 g/mol. The SMILES string of the molecule is COC1(C)CCCN(CC2CC(C)CCC2N)C1. The molecule has 2 fully saturated rings. The molecule has 0 aromatic heterocycles. The van der Waals surface area contributed by atoms with Gasteiger partial charge in [0.05, 0.1) is 5.60 Å². The summed E-state index contributed by atoms with van der Waals surface area (Å²) in [7, 11) is 1.85. The minimum Gasteiger partial charge on any atom is -0.377 e. The molecule has 0 aromatic carbocycles.